The first-order valence-electron chi connectivity index (χ1n) is 7.09. The molecule has 3 heteroatoms. The average Bonchev–Trinajstić information content (AvgIpc) is 2.41. The van der Waals surface area contributed by atoms with Crippen LogP contribution in [0.1, 0.15) is 50.8 Å². The van der Waals surface area contributed by atoms with Crippen LogP contribution in [0.25, 0.3) is 0 Å². The van der Waals surface area contributed by atoms with Gasteiger partial charge in [0.1, 0.15) is 6.10 Å². The molecular formula is C15H24N2O. The maximum Gasteiger partial charge on any atom is 0.214 e. The lowest BCUT2D eigenvalue weighted by molar-refractivity contribution is 0.0973. The third-order valence-electron chi connectivity index (χ3n) is 3.82. The van der Waals surface area contributed by atoms with E-state index in [1.165, 1.54) is 19.3 Å². The highest BCUT2D eigenvalue weighted by Gasteiger charge is 2.23. The first-order valence-corrected chi connectivity index (χ1v) is 7.09. The standard InChI is InChI=1S/C15H24N2O/c1-3-13-8-12(10-16)9-15(17-13)18-14-7-5-4-6-11(14)2/h8-9,11,14H,3-7,10,16H2,1-2H3. The van der Waals surface area contributed by atoms with Gasteiger partial charge in [0.25, 0.3) is 0 Å². The first kappa shape index (κ1) is 13.3. The molecule has 0 amide bonds. The Kier molecular flexibility index (Phi) is 4.59. The van der Waals surface area contributed by atoms with E-state index < -0.39 is 0 Å². The van der Waals surface area contributed by atoms with Gasteiger partial charge in [-0.15, -0.1) is 0 Å². The smallest absolute Gasteiger partial charge is 0.214 e. The predicted molar refractivity (Wildman–Crippen MR) is 73.6 cm³/mol. The first-order chi connectivity index (χ1) is 8.72. The summed E-state index contributed by atoms with van der Waals surface area (Å²) in [4.78, 5) is 4.55. The van der Waals surface area contributed by atoms with E-state index in [9.17, 15) is 0 Å². The molecule has 2 unspecified atom stereocenters. The molecule has 18 heavy (non-hydrogen) atoms. The van der Waals surface area contributed by atoms with Gasteiger partial charge in [-0.3, -0.25) is 0 Å². The molecule has 2 N–H and O–H groups in total. The van der Waals surface area contributed by atoms with Crippen molar-refractivity contribution >= 4 is 0 Å². The lowest BCUT2D eigenvalue weighted by Crippen LogP contribution is -2.28. The van der Waals surface area contributed by atoms with Crippen molar-refractivity contribution < 1.29 is 4.74 Å². The highest BCUT2D eigenvalue weighted by Crippen LogP contribution is 2.27. The molecule has 100 valence electrons. The summed E-state index contributed by atoms with van der Waals surface area (Å²) in [5, 5.41) is 0. The van der Waals surface area contributed by atoms with Gasteiger partial charge >= 0.3 is 0 Å². The van der Waals surface area contributed by atoms with Crippen LogP contribution in [0.3, 0.4) is 0 Å². The lowest BCUT2D eigenvalue weighted by atomic mass is 9.88. The third-order valence-corrected chi connectivity index (χ3v) is 3.82. The molecule has 1 aliphatic carbocycles. The maximum atomic E-state index is 6.09. The van der Waals surface area contributed by atoms with E-state index >= 15 is 0 Å². The summed E-state index contributed by atoms with van der Waals surface area (Å²) in [7, 11) is 0. The number of nitrogens with zero attached hydrogens (tertiary/aromatic N) is 1. The number of ether oxygens (including phenoxy) is 1. The number of rotatable bonds is 4. The van der Waals surface area contributed by atoms with E-state index in [0.717, 1.165) is 30.0 Å². The van der Waals surface area contributed by atoms with Crippen molar-refractivity contribution in [3.63, 3.8) is 0 Å². The monoisotopic (exact) mass is 248 g/mol. The van der Waals surface area contributed by atoms with Gasteiger partial charge in [-0.25, -0.2) is 4.98 Å². The normalized spacial score (nSPS) is 23.9. The molecule has 0 bridgehead atoms. The van der Waals surface area contributed by atoms with Crippen LogP contribution in [0.4, 0.5) is 0 Å². The molecule has 0 aromatic carbocycles. The van der Waals surface area contributed by atoms with Gasteiger partial charge in [0.2, 0.25) is 5.88 Å². The Hall–Kier alpha value is -1.09. The zero-order chi connectivity index (χ0) is 13.0. The van der Waals surface area contributed by atoms with Crippen molar-refractivity contribution in [2.45, 2.75) is 58.6 Å². The minimum Gasteiger partial charge on any atom is -0.474 e. The van der Waals surface area contributed by atoms with Crippen molar-refractivity contribution in [2.75, 3.05) is 0 Å². The molecule has 1 aromatic heterocycles. The number of hydrogen-bond acceptors (Lipinski definition) is 3. The fourth-order valence-corrected chi connectivity index (χ4v) is 2.59. The van der Waals surface area contributed by atoms with Crippen LogP contribution < -0.4 is 10.5 Å². The minimum atomic E-state index is 0.323. The second kappa shape index (κ2) is 6.19. The zero-order valence-corrected chi connectivity index (χ0v) is 11.5. The topological polar surface area (TPSA) is 48.1 Å². The fraction of sp³-hybridized carbons (Fsp3) is 0.667. The molecule has 0 aliphatic heterocycles. The third kappa shape index (κ3) is 3.22. The fourth-order valence-electron chi connectivity index (χ4n) is 2.59. The van der Waals surface area contributed by atoms with Crippen LogP contribution in [0.2, 0.25) is 0 Å². The second-order valence-corrected chi connectivity index (χ2v) is 5.28. The molecule has 3 nitrogen and oxygen atoms in total. The van der Waals surface area contributed by atoms with Gasteiger partial charge in [0, 0.05) is 18.3 Å². The van der Waals surface area contributed by atoms with Gasteiger partial charge < -0.3 is 10.5 Å². The van der Waals surface area contributed by atoms with E-state index in [1.807, 2.05) is 6.07 Å². The van der Waals surface area contributed by atoms with Crippen molar-refractivity contribution in [2.24, 2.45) is 11.7 Å². The number of hydrogen-bond donors (Lipinski definition) is 1. The predicted octanol–water partition coefficient (Wildman–Crippen LogP) is 3.06. The number of pyridine rings is 1. The number of aromatic nitrogens is 1. The number of aryl methyl sites for hydroxylation is 1. The van der Waals surface area contributed by atoms with Crippen molar-refractivity contribution in [1.82, 2.24) is 4.98 Å². The summed E-state index contributed by atoms with van der Waals surface area (Å²) in [5.41, 5.74) is 7.90. The van der Waals surface area contributed by atoms with Crippen LogP contribution in [0, 0.1) is 5.92 Å². The Morgan fingerprint density at radius 3 is 2.78 bits per heavy atom. The van der Waals surface area contributed by atoms with Crippen LogP contribution in [-0.4, -0.2) is 11.1 Å². The highest BCUT2D eigenvalue weighted by molar-refractivity contribution is 5.25. The molecule has 1 saturated carbocycles. The van der Waals surface area contributed by atoms with Gasteiger partial charge in [0.05, 0.1) is 0 Å². The van der Waals surface area contributed by atoms with Gasteiger partial charge in [-0.05, 0) is 43.2 Å². The molecule has 1 fully saturated rings. The van der Waals surface area contributed by atoms with E-state index in [-0.39, 0.29) is 0 Å². The van der Waals surface area contributed by atoms with Crippen LogP contribution in [0.5, 0.6) is 5.88 Å². The summed E-state index contributed by atoms with van der Waals surface area (Å²) in [5.74, 6) is 1.39. The van der Waals surface area contributed by atoms with Gasteiger partial charge in [0.15, 0.2) is 0 Å². The van der Waals surface area contributed by atoms with Crippen LogP contribution in [-0.2, 0) is 13.0 Å². The minimum absolute atomic E-state index is 0.323. The molecule has 0 saturated heterocycles. The molecular weight excluding hydrogens is 224 g/mol. The average molecular weight is 248 g/mol. The number of nitrogens with two attached hydrogens (primary N) is 1. The Balaban J connectivity index is 2.12. The summed E-state index contributed by atoms with van der Waals surface area (Å²) in [6.07, 6.45) is 6.26. The molecule has 1 aliphatic rings. The van der Waals surface area contributed by atoms with Crippen LogP contribution in [0.15, 0.2) is 12.1 Å². The quantitative estimate of drug-likeness (QED) is 0.891. The Bertz CT molecular complexity index is 370. The Morgan fingerprint density at radius 2 is 2.11 bits per heavy atom. The summed E-state index contributed by atoms with van der Waals surface area (Å²) in [6.45, 7) is 4.93. The molecule has 2 atom stereocenters. The summed E-state index contributed by atoms with van der Waals surface area (Å²) < 4.78 is 6.09. The van der Waals surface area contributed by atoms with E-state index in [2.05, 4.69) is 24.9 Å². The maximum absolute atomic E-state index is 6.09. The SMILES string of the molecule is CCc1cc(CN)cc(OC2CCCCC2C)n1. The van der Waals surface area contributed by atoms with Crippen molar-refractivity contribution in [3.8, 4) is 5.88 Å². The van der Waals surface area contributed by atoms with Gasteiger partial charge in [-0.1, -0.05) is 20.3 Å². The van der Waals surface area contributed by atoms with Crippen molar-refractivity contribution in [3.05, 3.63) is 23.4 Å². The largest absolute Gasteiger partial charge is 0.474 e. The van der Waals surface area contributed by atoms with E-state index in [0.29, 0.717) is 18.6 Å². The molecule has 1 aromatic rings. The molecule has 0 spiro atoms. The van der Waals surface area contributed by atoms with E-state index in [4.69, 9.17) is 10.5 Å². The highest BCUT2D eigenvalue weighted by atomic mass is 16.5. The van der Waals surface area contributed by atoms with Crippen molar-refractivity contribution in [1.29, 1.82) is 0 Å². The Morgan fingerprint density at radius 1 is 1.33 bits per heavy atom. The van der Waals surface area contributed by atoms with Crippen LogP contribution >= 0.6 is 0 Å². The Labute approximate surface area is 110 Å². The summed E-state index contributed by atoms with van der Waals surface area (Å²) >= 11 is 0. The molecule has 0 radical (unpaired) electrons. The molecule has 2 rings (SSSR count). The second-order valence-electron chi connectivity index (χ2n) is 5.28. The van der Waals surface area contributed by atoms with Gasteiger partial charge in [-0.2, -0.15) is 0 Å². The van der Waals surface area contributed by atoms with E-state index in [1.54, 1.807) is 0 Å². The zero-order valence-electron chi connectivity index (χ0n) is 11.5. The molecule has 1 heterocycles. The summed E-state index contributed by atoms with van der Waals surface area (Å²) in [6, 6.07) is 4.05. The lowest BCUT2D eigenvalue weighted by Gasteiger charge is -2.29.